The van der Waals surface area contributed by atoms with Gasteiger partial charge >= 0.3 is 0 Å². The van der Waals surface area contributed by atoms with Crippen LogP contribution in [-0.2, 0) is 10.0 Å². The number of hydrogen-bond donors (Lipinski definition) is 3. The van der Waals surface area contributed by atoms with Gasteiger partial charge in [0.1, 0.15) is 10.7 Å². The van der Waals surface area contributed by atoms with Gasteiger partial charge in [0.15, 0.2) is 17.4 Å². The quantitative estimate of drug-likeness (QED) is 0.719. The molecule has 4 N–H and O–H groups in total. The zero-order valence-electron chi connectivity index (χ0n) is 14.5. The summed E-state index contributed by atoms with van der Waals surface area (Å²) in [6, 6.07) is 4.33. The van der Waals surface area contributed by atoms with Gasteiger partial charge < -0.3 is 15.1 Å². The van der Waals surface area contributed by atoms with Crippen molar-refractivity contribution in [1.29, 1.82) is 0 Å². The number of benzene rings is 1. The number of furan rings is 1. The maximum atomic E-state index is 13.6. The largest absolute Gasteiger partial charge is 0.455 e. The van der Waals surface area contributed by atoms with Gasteiger partial charge in [-0.15, -0.1) is 0 Å². The van der Waals surface area contributed by atoms with Crippen molar-refractivity contribution in [3.63, 3.8) is 0 Å². The second-order valence-electron chi connectivity index (χ2n) is 6.43. The number of hydrogen-bond acceptors (Lipinski definition) is 5. The Hall–Kier alpha value is -2.30. The van der Waals surface area contributed by atoms with E-state index >= 15 is 0 Å². The van der Waals surface area contributed by atoms with Gasteiger partial charge in [-0.2, -0.15) is 0 Å². The fourth-order valence-corrected chi connectivity index (χ4v) is 3.97. The van der Waals surface area contributed by atoms with E-state index in [9.17, 15) is 22.0 Å². The molecule has 0 spiro atoms. The van der Waals surface area contributed by atoms with Gasteiger partial charge in [0.2, 0.25) is 10.0 Å². The minimum Gasteiger partial charge on any atom is -0.455 e. The Morgan fingerprint density at radius 1 is 1.30 bits per heavy atom. The molecule has 0 aliphatic carbocycles. The second-order valence-corrected chi connectivity index (χ2v) is 7.96. The van der Waals surface area contributed by atoms with Crippen LogP contribution >= 0.6 is 0 Å². The van der Waals surface area contributed by atoms with E-state index in [4.69, 9.17) is 9.56 Å². The molecule has 1 aliphatic heterocycles. The van der Waals surface area contributed by atoms with Crippen LogP contribution in [0.15, 0.2) is 33.6 Å². The molecule has 0 bridgehead atoms. The van der Waals surface area contributed by atoms with Crippen LogP contribution in [-0.4, -0.2) is 33.5 Å². The minimum absolute atomic E-state index is 0.0153. The Labute approximate surface area is 155 Å². The monoisotopic (exact) mass is 399 g/mol. The minimum atomic E-state index is -4.01. The van der Waals surface area contributed by atoms with Crippen LogP contribution in [0.4, 0.5) is 8.78 Å². The number of rotatable bonds is 4. The van der Waals surface area contributed by atoms with Crippen molar-refractivity contribution in [2.75, 3.05) is 13.1 Å². The Bertz CT molecular complexity index is 975. The molecule has 10 heteroatoms. The Balaban J connectivity index is 1.82. The summed E-state index contributed by atoms with van der Waals surface area (Å²) in [5.74, 6) is -2.91. The molecule has 0 radical (unpaired) electrons. The highest BCUT2D eigenvalue weighted by Crippen LogP contribution is 2.27. The van der Waals surface area contributed by atoms with Crippen LogP contribution in [0.25, 0.3) is 0 Å². The van der Waals surface area contributed by atoms with E-state index in [1.54, 1.807) is 0 Å². The zero-order chi connectivity index (χ0) is 19.8. The molecule has 1 aromatic heterocycles. The van der Waals surface area contributed by atoms with Gasteiger partial charge in [0.25, 0.3) is 5.91 Å². The Morgan fingerprint density at radius 2 is 2.04 bits per heavy atom. The lowest BCUT2D eigenvalue weighted by atomic mass is 9.86. The first-order chi connectivity index (χ1) is 12.7. The van der Waals surface area contributed by atoms with E-state index in [0.717, 1.165) is 18.2 Å². The molecule has 7 nitrogen and oxygen atoms in total. The summed E-state index contributed by atoms with van der Waals surface area (Å²) < 4.78 is 55.0. The summed E-state index contributed by atoms with van der Waals surface area (Å²) in [5, 5.41) is 11.0. The van der Waals surface area contributed by atoms with E-state index < -0.39 is 33.6 Å². The van der Waals surface area contributed by atoms with Crippen molar-refractivity contribution >= 4 is 15.9 Å². The summed E-state index contributed by atoms with van der Waals surface area (Å²) in [7, 11) is -4.01. The van der Waals surface area contributed by atoms with Gasteiger partial charge in [-0.1, -0.05) is 6.07 Å². The molecule has 1 fully saturated rings. The predicted molar refractivity (Wildman–Crippen MR) is 92.7 cm³/mol. The molecule has 2 atom stereocenters. The molecule has 146 valence electrons. The second kappa shape index (κ2) is 7.37. The van der Waals surface area contributed by atoms with Gasteiger partial charge in [-0.05, 0) is 37.6 Å². The average Bonchev–Trinajstić information content (AvgIpc) is 3.00. The fraction of sp³-hybridized carbons (Fsp3) is 0.353. The van der Waals surface area contributed by atoms with Crippen molar-refractivity contribution in [3.8, 4) is 0 Å². The molecule has 1 aliphatic rings. The lowest BCUT2D eigenvalue weighted by molar-refractivity contribution is 0.0895. The van der Waals surface area contributed by atoms with E-state index in [1.807, 2.05) is 0 Å². The molecular weight excluding hydrogens is 380 g/mol. The first-order valence-electron chi connectivity index (χ1n) is 8.26. The topological polar surface area (TPSA) is 114 Å². The third kappa shape index (κ3) is 4.18. The van der Waals surface area contributed by atoms with Crippen molar-refractivity contribution in [2.24, 2.45) is 5.14 Å². The summed E-state index contributed by atoms with van der Waals surface area (Å²) in [6.07, 6.45) is 0.607. The van der Waals surface area contributed by atoms with Gasteiger partial charge in [-0.25, -0.2) is 22.3 Å². The van der Waals surface area contributed by atoms with Crippen LogP contribution in [0.5, 0.6) is 0 Å². The maximum Gasteiger partial charge on any atom is 0.287 e. The van der Waals surface area contributed by atoms with E-state index in [0.29, 0.717) is 25.1 Å². The Kier molecular flexibility index (Phi) is 5.31. The van der Waals surface area contributed by atoms with Gasteiger partial charge in [0.05, 0.1) is 0 Å². The van der Waals surface area contributed by atoms with Crippen LogP contribution in [0.3, 0.4) is 0 Å². The van der Waals surface area contributed by atoms with Crippen molar-refractivity contribution < 1.29 is 26.4 Å². The predicted octanol–water partition coefficient (Wildman–Crippen LogP) is 1.39. The highest BCUT2D eigenvalue weighted by molar-refractivity contribution is 7.89. The van der Waals surface area contributed by atoms with E-state index in [-0.39, 0.29) is 22.3 Å². The van der Waals surface area contributed by atoms with Crippen molar-refractivity contribution in [1.82, 2.24) is 10.6 Å². The first-order valence-corrected chi connectivity index (χ1v) is 9.81. The summed E-state index contributed by atoms with van der Waals surface area (Å²) >= 11 is 0. The number of nitrogens with two attached hydrogens (primary N) is 1. The van der Waals surface area contributed by atoms with Crippen LogP contribution in [0, 0.1) is 18.6 Å². The number of aryl methyl sites for hydroxylation is 1. The molecular formula is C17H19F2N3O4S. The highest BCUT2D eigenvalue weighted by Gasteiger charge is 2.30. The summed E-state index contributed by atoms with van der Waals surface area (Å²) in [6.45, 7) is 2.46. The zero-order valence-corrected chi connectivity index (χ0v) is 15.3. The molecule has 27 heavy (non-hydrogen) atoms. The Morgan fingerprint density at radius 3 is 2.67 bits per heavy atom. The highest BCUT2D eigenvalue weighted by atomic mass is 32.2. The van der Waals surface area contributed by atoms with Gasteiger partial charge in [0, 0.05) is 24.6 Å². The molecule has 2 heterocycles. The maximum absolute atomic E-state index is 13.6. The number of halogens is 2. The lowest BCUT2D eigenvalue weighted by Gasteiger charge is -2.33. The fourth-order valence-electron chi connectivity index (χ4n) is 3.25. The molecule has 0 saturated carbocycles. The third-order valence-electron chi connectivity index (χ3n) is 4.57. The average molecular weight is 399 g/mol. The molecule has 3 rings (SSSR count). The number of amides is 1. The molecule has 1 aromatic carbocycles. The number of sulfonamides is 1. The van der Waals surface area contributed by atoms with Gasteiger partial charge in [-0.3, -0.25) is 4.79 Å². The van der Waals surface area contributed by atoms with Crippen LogP contribution in [0.2, 0.25) is 0 Å². The van der Waals surface area contributed by atoms with Crippen LogP contribution < -0.4 is 15.8 Å². The molecule has 1 amide bonds. The number of piperidine rings is 1. The summed E-state index contributed by atoms with van der Waals surface area (Å²) in [4.78, 5) is 12.2. The number of primary sulfonamides is 1. The number of nitrogens with one attached hydrogen (secondary N) is 2. The van der Waals surface area contributed by atoms with E-state index in [2.05, 4.69) is 10.6 Å². The normalized spacial score (nSPS) is 20.4. The first kappa shape index (κ1) is 19.5. The number of carbonyl (C=O) groups is 1. The van der Waals surface area contributed by atoms with Crippen molar-refractivity contribution in [2.45, 2.75) is 30.2 Å². The number of carbonyl (C=O) groups excluding carboxylic acids is 1. The van der Waals surface area contributed by atoms with Crippen LogP contribution in [0.1, 0.15) is 34.2 Å². The lowest BCUT2D eigenvalue weighted by Crippen LogP contribution is -2.50. The standard InChI is InChI=1S/C17H19F2N3O4S/c1-9-16(27(20,24)25)7-15(26-9)17(23)22-14-8-21-5-4-11(14)10-2-3-12(18)13(19)6-10/h2-3,6-7,11,14,21H,4-5,8H2,1H3,(H,22,23)(H2,20,24,25). The molecule has 2 aromatic rings. The molecule has 1 saturated heterocycles. The molecule has 2 unspecified atom stereocenters. The van der Waals surface area contributed by atoms with E-state index in [1.165, 1.54) is 13.0 Å². The third-order valence-corrected chi connectivity index (χ3v) is 5.59. The smallest absolute Gasteiger partial charge is 0.287 e. The summed E-state index contributed by atoms with van der Waals surface area (Å²) in [5.41, 5.74) is 0.571. The van der Waals surface area contributed by atoms with Crippen molar-refractivity contribution in [3.05, 3.63) is 53.0 Å². The SMILES string of the molecule is Cc1oc(C(=O)NC2CNCCC2c2ccc(F)c(F)c2)cc1S(N)(=O)=O.